The fourth-order valence-corrected chi connectivity index (χ4v) is 4.20. The number of hydrogen-bond donors (Lipinski definition) is 1. The number of fused-ring (bicyclic) bond motifs is 1. The molecule has 7 heteroatoms. The van der Waals surface area contributed by atoms with Crippen LogP contribution in [0.3, 0.4) is 0 Å². The second-order valence-corrected chi connectivity index (χ2v) is 8.65. The molecule has 4 rings (SSSR count). The average molecular weight is 463 g/mol. The molecule has 162 valence electrons. The van der Waals surface area contributed by atoms with E-state index in [2.05, 4.69) is 34.2 Å². The zero-order chi connectivity index (χ0) is 22.3. The first-order chi connectivity index (χ1) is 15.6. The van der Waals surface area contributed by atoms with Gasteiger partial charge in [0.25, 0.3) is 5.91 Å². The second-order valence-electron chi connectivity index (χ2n) is 7.27. The summed E-state index contributed by atoms with van der Waals surface area (Å²) in [6.45, 7) is 2.76. The monoisotopic (exact) mass is 462 g/mol. The molecule has 1 heterocycles. The number of hydrazone groups is 1. The standard InChI is InChI=1S/C25H23ClN4OS/c1-2-18-7-9-19(10-8-18)15-27-29-24(31)17-32-25-28-22-5-3-4-6-23(22)30(25)16-20-11-13-21(26)14-12-20/h3-15H,2,16-17H2,1H3,(H,29,31). The Bertz CT molecular complexity index is 1230. The number of carbonyl (C=O) groups is 1. The van der Waals surface area contributed by atoms with Crippen molar-refractivity contribution in [1.82, 2.24) is 15.0 Å². The van der Waals surface area contributed by atoms with Crippen LogP contribution in [0.25, 0.3) is 11.0 Å². The van der Waals surface area contributed by atoms with Gasteiger partial charge in [0, 0.05) is 5.02 Å². The molecule has 0 aliphatic carbocycles. The molecule has 0 saturated carbocycles. The van der Waals surface area contributed by atoms with Crippen LogP contribution >= 0.6 is 23.4 Å². The van der Waals surface area contributed by atoms with Gasteiger partial charge in [-0.2, -0.15) is 5.10 Å². The summed E-state index contributed by atoms with van der Waals surface area (Å²) >= 11 is 7.41. The smallest absolute Gasteiger partial charge is 0.250 e. The maximum Gasteiger partial charge on any atom is 0.250 e. The lowest BCUT2D eigenvalue weighted by atomic mass is 10.1. The summed E-state index contributed by atoms with van der Waals surface area (Å²) in [5, 5.41) is 5.57. The van der Waals surface area contributed by atoms with Crippen LogP contribution in [0.4, 0.5) is 0 Å². The van der Waals surface area contributed by atoms with Crippen molar-refractivity contribution in [2.75, 3.05) is 5.75 Å². The largest absolute Gasteiger partial charge is 0.314 e. The third-order valence-corrected chi connectivity index (χ3v) is 6.23. The maximum absolute atomic E-state index is 12.3. The summed E-state index contributed by atoms with van der Waals surface area (Å²) in [4.78, 5) is 17.1. The van der Waals surface area contributed by atoms with Crippen molar-refractivity contribution in [2.24, 2.45) is 5.10 Å². The molecule has 0 saturated heterocycles. The van der Waals surface area contributed by atoms with E-state index in [0.717, 1.165) is 33.7 Å². The SMILES string of the molecule is CCc1ccc(C=NNC(=O)CSc2nc3ccccc3n2Cc2ccc(Cl)cc2)cc1. The molecular formula is C25H23ClN4OS. The van der Waals surface area contributed by atoms with E-state index in [1.54, 1.807) is 6.21 Å². The summed E-state index contributed by atoms with van der Waals surface area (Å²) in [6.07, 6.45) is 2.64. The van der Waals surface area contributed by atoms with Crippen molar-refractivity contribution in [3.8, 4) is 0 Å². The third kappa shape index (κ3) is 5.58. The maximum atomic E-state index is 12.3. The van der Waals surface area contributed by atoms with Crippen LogP contribution < -0.4 is 5.43 Å². The van der Waals surface area contributed by atoms with Crippen LogP contribution in [0, 0.1) is 0 Å². The van der Waals surface area contributed by atoms with Crippen molar-refractivity contribution < 1.29 is 4.79 Å². The summed E-state index contributed by atoms with van der Waals surface area (Å²) in [5.74, 6) is 0.0392. The predicted molar refractivity (Wildman–Crippen MR) is 133 cm³/mol. The van der Waals surface area contributed by atoms with Crippen LogP contribution in [-0.4, -0.2) is 27.4 Å². The average Bonchev–Trinajstić information content (AvgIpc) is 3.17. The number of aryl methyl sites for hydroxylation is 1. The summed E-state index contributed by atoms with van der Waals surface area (Å²) in [5.41, 5.74) is 7.85. The molecule has 32 heavy (non-hydrogen) atoms. The van der Waals surface area contributed by atoms with Crippen molar-refractivity contribution in [1.29, 1.82) is 0 Å². The summed E-state index contributed by atoms with van der Waals surface area (Å²) in [7, 11) is 0. The Balaban J connectivity index is 1.42. The highest BCUT2D eigenvalue weighted by molar-refractivity contribution is 7.99. The van der Waals surface area contributed by atoms with E-state index in [1.807, 2.05) is 60.7 Å². The highest BCUT2D eigenvalue weighted by Gasteiger charge is 2.13. The van der Waals surface area contributed by atoms with Crippen molar-refractivity contribution >= 4 is 46.5 Å². The minimum atomic E-state index is -0.179. The van der Waals surface area contributed by atoms with Gasteiger partial charge in [0.1, 0.15) is 0 Å². The lowest BCUT2D eigenvalue weighted by molar-refractivity contribution is -0.118. The number of rotatable bonds is 8. The first kappa shape index (κ1) is 22.1. The van der Waals surface area contributed by atoms with Gasteiger partial charge in [0.15, 0.2) is 5.16 Å². The van der Waals surface area contributed by atoms with Gasteiger partial charge in [-0.3, -0.25) is 4.79 Å². The number of aromatic nitrogens is 2. The molecule has 1 amide bonds. The fourth-order valence-electron chi connectivity index (χ4n) is 3.27. The van der Waals surface area contributed by atoms with Crippen LogP contribution in [0.1, 0.15) is 23.6 Å². The number of carbonyl (C=O) groups excluding carboxylic acids is 1. The topological polar surface area (TPSA) is 59.3 Å². The Morgan fingerprint density at radius 1 is 1.06 bits per heavy atom. The molecule has 0 fully saturated rings. The van der Waals surface area contributed by atoms with Gasteiger partial charge >= 0.3 is 0 Å². The minimum Gasteiger partial charge on any atom is -0.314 e. The van der Waals surface area contributed by atoms with Crippen molar-refractivity contribution in [3.63, 3.8) is 0 Å². The highest BCUT2D eigenvalue weighted by atomic mass is 35.5. The molecule has 0 aliphatic rings. The number of hydrogen-bond acceptors (Lipinski definition) is 4. The number of thioether (sulfide) groups is 1. The van der Waals surface area contributed by atoms with Crippen molar-refractivity contribution in [2.45, 2.75) is 25.0 Å². The van der Waals surface area contributed by atoms with Crippen LogP contribution in [-0.2, 0) is 17.8 Å². The van der Waals surface area contributed by atoms with E-state index in [0.29, 0.717) is 11.6 Å². The Morgan fingerprint density at radius 2 is 1.78 bits per heavy atom. The molecule has 1 aromatic heterocycles. The quantitative estimate of drug-likeness (QED) is 0.212. The summed E-state index contributed by atoms with van der Waals surface area (Å²) in [6, 6.07) is 23.8. The second kappa shape index (κ2) is 10.5. The molecule has 0 unspecified atom stereocenters. The lowest BCUT2D eigenvalue weighted by Gasteiger charge is -2.09. The molecule has 0 atom stereocenters. The normalized spacial score (nSPS) is 11.3. The van der Waals surface area contributed by atoms with Gasteiger partial charge in [-0.25, -0.2) is 10.4 Å². The van der Waals surface area contributed by atoms with E-state index in [4.69, 9.17) is 16.6 Å². The van der Waals surface area contributed by atoms with Crippen LogP contribution in [0.5, 0.6) is 0 Å². The van der Waals surface area contributed by atoms with E-state index < -0.39 is 0 Å². The Kier molecular flexibility index (Phi) is 7.24. The minimum absolute atomic E-state index is 0.179. The molecule has 1 N–H and O–H groups in total. The molecule has 4 aromatic rings. The molecule has 0 radical (unpaired) electrons. The first-order valence-corrected chi connectivity index (χ1v) is 11.7. The van der Waals surface area contributed by atoms with Gasteiger partial charge in [-0.05, 0) is 47.4 Å². The number of benzene rings is 3. The summed E-state index contributed by atoms with van der Waals surface area (Å²) < 4.78 is 2.12. The number of nitrogens with zero attached hydrogens (tertiary/aromatic N) is 3. The molecule has 0 spiro atoms. The number of para-hydroxylation sites is 2. The van der Waals surface area contributed by atoms with Crippen LogP contribution in [0.15, 0.2) is 83.1 Å². The molecule has 3 aromatic carbocycles. The van der Waals surface area contributed by atoms with Gasteiger partial charge in [-0.1, -0.05) is 78.8 Å². The molecule has 0 bridgehead atoms. The van der Waals surface area contributed by atoms with Gasteiger partial charge in [0.05, 0.1) is 29.5 Å². The zero-order valence-corrected chi connectivity index (χ0v) is 19.2. The highest BCUT2D eigenvalue weighted by Crippen LogP contribution is 2.25. The third-order valence-electron chi connectivity index (χ3n) is 5.00. The fraction of sp³-hybridized carbons (Fsp3) is 0.160. The number of imidazole rings is 1. The lowest BCUT2D eigenvalue weighted by Crippen LogP contribution is -2.20. The Morgan fingerprint density at radius 3 is 2.53 bits per heavy atom. The Hall–Kier alpha value is -3.09. The van der Waals surface area contributed by atoms with E-state index in [9.17, 15) is 4.79 Å². The van der Waals surface area contributed by atoms with Gasteiger partial charge in [-0.15, -0.1) is 0 Å². The molecule has 5 nitrogen and oxygen atoms in total. The number of nitrogens with one attached hydrogen (secondary N) is 1. The van der Waals surface area contributed by atoms with Crippen molar-refractivity contribution in [3.05, 3.63) is 94.5 Å². The number of halogens is 1. The van der Waals surface area contributed by atoms with Gasteiger partial charge in [0.2, 0.25) is 0 Å². The van der Waals surface area contributed by atoms with Gasteiger partial charge < -0.3 is 4.57 Å². The van der Waals surface area contributed by atoms with Crippen LogP contribution in [0.2, 0.25) is 5.02 Å². The molecule has 0 aliphatic heterocycles. The predicted octanol–water partition coefficient (Wildman–Crippen LogP) is 5.54. The van der Waals surface area contributed by atoms with E-state index in [1.165, 1.54) is 17.3 Å². The molecular weight excluding hydrogens is 440 g/mol. The van der Waals surface area contributed by atoms with E-state index >= 15 is 0 Å². The Labute approximate surface area is 196 Å². The first-order valence-electron chi connectivity index (χ1n) is 10.4. The number of amides is 1. The van der Waals surface area contributed by atoms with E-state index in [-0.39, 0.29) is 11.7 Å². The zero-order valence-electron chi connectivity index (χ0n) is 17.7.